The Bertz CT molecular complexity index is 770. The predicted octanol–water partition coefficient (Wildman–Crippen LogP) is 2.22. The van der Waals surface area contributed by atoms with Gasteiger partial charge in [0.05, 0.1) is 4.90 Å². The van der Waals surface area contributed by atoms with Crippen molar-refractivity contribution >= 4 is 38.1 Å². The van der Waals surface area contributed by atoms with Crippen molar-refractivity contribution in [3.8, 4) is 0 Å². The van der Waals surface area contributed by atoms with Gasteiger partial charge in [0, 0.05) is 23.7 Å². The van der Waals surface area contributed by atoms with Gasteiger partial charge in [0.1, 0.15) is 0 Å². The molecule has 0 bridgehead atoms. The maximum Gasteiger partial charge on any atom is 0.263 e. The molecule has 21 heavy (non-hydrogen) atoms. The summed E-state index contributed by atoms with van der Waals surface area (Å²) in [6, 6.07) is 4.73. The van der Waals surface area contributed by atoms with Crippen molar-refractivity contribution in [1.82, 2.24) is 4.98 Å². The Kier molecular flexibility index (Phi) is 3.64. The number of carbonyl (C=O) groups excluding carboxylic acids is 1. The largest absolute Gasteiger partial charge is 0.326 e. The number of carbonyl (C=O) groups is 1. The third-order valence-electron chi connectivity index (χ3n) is 3.17. The number of benzene rings is 1. The van der Waals surface area contributed by atoms with Gasteiger partial charge in [0.15, 0.2) is 5.13 Å². The first kappa shape index (κ1) is 14.0. The SMILES string of the molecule is O=C1CCCc2cc(S(=O)(=O)Nc3nccs3)ccc2N1. The van der Waals surface area contributed by atoms with Gasteiger partial charge in [-0.1, -0.05) is 0 Å². The minimum Gasteiger partial charge on any atom is -0.326 e. The van der Waals surface area contributed by atoms with Crippen molar-refractivity contribution in [3.63, 3.8) is 0 Å². The first-order chi connectivity index (χ1) is 10.0. The maximum absolute atomic E-state index is 12.3. The van der Waals surface area contributed by atoms with E-state index in [9.17, 15) is 13.2 Å². The number of amides is 1. The number of hydrogen-bond acceptors (Lipinski definition) is 5. The fraction of sp³-hybridized carbons (Fsp3) is 0.231. The van der Waals surface area contributed by atoms with Crippen molar-refractivity contribution in [3.05, 3.63) is 35.3 Å². The van der Waals surface area contributed by atoms with Crippen LogP contribution in [0.5, 0.6) is 0 Å². The Hall–Kier alpha value is -1.93. The van der Waals surface area contributed by atoms with Crippen LogP contribution in [0.1, 0.15) is 18.4 Å². The monoisotopic (exact) mass is 323 g/mol. The average molecular weight is 323 g/mol. The van der Waals surface area contributed by atoms with Gasteiger partial charge in [-0.05, 0) is 36.6 Å². The number of thiazole rings is 1. The van der Waals surface area contributed by atoms with Crippen LogP contribution in [-0.2, 0) is 21.2 Å². The van der Waals surface area contributed by atoms with Gasteiger partial charge >= 0.3 is 0 Å². The topological polar surface area (TPSA) is 88.2 Å². The van der Waals surface area contributed by atoms with Crippen LogP contribution in [0.4, 0.5) is 10.8 Å². The zero-order valence-electron chi connectivity index (χ0n) is 11.0. The summed E-state index contributed by atoms with van der Waals surface area (Å²) in [5, 5.41) is 4.81. The standard InChI is InChI=1S/C13H13N3O3S2/c17-12-3-1-2-9-8-10(4-5-11(9)15-12)21(18,19)16-13-14-6-7-20-13/h4-8H,1-3H2,(H,14,16)(H,15,17). The Morgan fingerprint density at radius 3 is 2.90 bits per heavy atom. The van der Waals surface area contributed by atoms with Gasteiger partial charge in [-0.15, -0.1) is 11.3 Å². The van der Waals surface area contributed by atoms with E-state index in [-0.39, 0.29) is 10.8 Å². The summed E-state index contributed by atoms with van der Waals surface area (Å²) in [6.07, 6.45) is 3.38. The van der Waals surface area contributed by atoms with Crippen molar-refractivity contribution in [1.29, 1.82) is 0 Å². The number of hydrogen-bond donors (Lipinski definition) is 2. The Morgan fingerprint density at radius 1 is 1.29 bits per heavy atom. The molecule has 1 aliphatic heterocycles. The maximum atomic E-state index is 12.3. The molecule has 0 spiro atoms. The van der Waals surface area contributed by atoms with Crippen molar-refractivity contribution in [2.24, 2.45) is 0 Å². The lowest BCUT2D eigenvalue weighted by Gasteiger charge is -2.10. The van der Waals surface area contributed by atoms with Crippen LogP contribution >= 0.6 is 11.3 Å². The van der Waals surface area contributed by atoms with Gasteiger partial charge in [0.2, 0.25) is 5.91 Å². The molecule has 2 aromatic rings. The van der Waals surface area contributed by atoms with E-state index >= 15 is 0 Å². The number of aromatic nitrogens is 1. The molecule has 0 aliphatic carbocycles. The van der Waals surface area contributed by atoms with Crippen LogP contribution in [-0.4, -0.2) is 19.3 Å². The fourth-order valence-electron chi connectivity index (χ4n) is 2.17. The van der Waals surface area contributed by atoms with Gasteiger partial charge in [-0.25, -0.2) is 13.4 Å². The zero-order valence-corrected chi connectivity index (χ0v) is 12.6. The molecule has 1 aromatic carbocycles. The number of nitrogens with one attached hydrogen (secondary N) is 2. The molecule has 110 valence electrons. The van der Waals surface area contributed by atoms with E-state index in [1.54, 1.807) is 17.5 Å². The van der Waals surface area contributed by atoms with Crippen molar-refractivity contribution in [2.45, 2.75) is 24.2 Å². The van der Waals surface area contributed by atoms with E-state index in [0.29, 0.717) is 30.1 Å². The molecule has 0 radical (unpaired) electrons. The Morgan fingerprint density at radius 2 is 2.14 bits per heavy atom. The number of nitrogens with zero attached hydrogens (tertiary/aromatic N) is 1. The van der Waals surface area contributed by atoms with Crippen LogP contribution in [0, 0.1) is 0 Å². The second-order valence-corrected chi connectivity index (χ2v) is 7.24. The van der Waals surface area contributed by atoms with E-state index in [1.807, 2.05) is 0 Å². The molecule has 1 amide bonds. The molecule has 1 aromatic heterocycles. The lowest BCUT2D eigenvalue weighted by molar-refractivity contribution is -0.116. The molecule has 3 rings (SSSR count). The highest BCUT2D eigenvalue weighted by molar-refractivity contribution is 7.93. The molecule has 1 aliphatic rings. The average Bonchev–Trinajstić information content (AvgIpc) is 2.84. The summed E-state index contributed by atoms with van der Waals surface area (Å²) in [4.78, 5) is 15.6. The predicted molar refractivity (Wildman–Crippen MR) is 80.9 cm³/mol. The number of rotatable bonds is 3. The molecule has 0 atom stereocenters. The van der Waals surface area contributed by atoms with E-state index in [1.165, 1.54) is 23.6 Å². The second-order valence-electron chi connectivity index (χ2n) is 4.66. The van der Waals surface area contributed by atoms with E-state index in [4.69, 9.17) is 0 Å². The number of anilines is 2. The molecular weight excluding hydrogens is 310 g/mol. The third kappa shape index (κ3) is 3.06. The van der Waals surface area contributed by atoms with E-state index < -0.39 is 10.0 Å². The first-order valence-corrected chi connectivity index (χ1v) is 8.76. The number of aryl methyl sites for hydroxylation is 1. The fourth-order valence-corrected chi connectivity index (χ4v) is 4.00. The molecule has 2 heterocycles. The van der Waals surface area contributed by atoms with Gasteiger partial charge in [-0.2, -0.15) is 0 Å². The highest BCUT2D eigenvalue weighted by Gasteiger charge is 2.19. The summed E-state index contributed by atoms with van der Waals surface area (Å²) in [5.74, 6) is -0.0368. The molecule has 8 heteroatoms. The van der Waals surface area contributed by atoms with Gasteiger partial charge < -0.3 is 5.32 Å². The van der Waals surface area contributed by atoms with Gasteiger partial charge in [0.25, 0.3) is 10.0 Å². The highest BCUT2D eigenvalue weighted by Crippen LogP contribution is 2.26. The first-order valence-electron chi connectivity index (χ1n) is 6.40. The molecule has 6 nitrogen and oxygen atoms in total. The van der Waals surface area contributed by atoms with Gasteiger partial charge in [-0.3, -0.25) is 9.52 Å². The molecule has 0 saturated heterocycles. The normalized spacial score (nSPS) is 15.0. The molecular formula is C13H13N3O3S2. The van der Waals surface area contributed by atoms with E-state index in [2.05, 4.69) is 15.0 Å². The minimum atomic E-state index is -3.66. The summed E-state index contributed by atoms with van der Waals surface area (Å²) in [6.45, 7) is 0. The zero-order chi connectivity index (χ0) is 14.9. The Balaban J connectivity index is 1.93. The van der Waals surface area contributed by atoms with Crippen molar-refractivity contribution < 1.29 is 13.2 Å². The van der Waals surface area contributed by atoms with Crippen LogP contribution in [0.25, 0.3) is 0 Å². The smallest absolute Gasteiger partial charge is 0.263 e. The molecule has 2 N–H and O–H groups in total. The summed E-state index contributed by atoms with van der Waals surface area (Å²) in [5.41, 5.74) is 1.52. The van der Waals surface area contributed by atoms with Crippen LogP contribution in [0.15, 0.2) is 34.7 Å². The quantitative estimate of drug-likeness (QED) is 0.906. The second kappa shape index (κ2) is 5.45. The highest BCUT2D eigenvalue weighted by atomic mass is 32.2. The van der Waals surface area contributed by atoms with Crippen LogP contribution in [0.2, 0.25) is 0 Å². The van der Waals surface area contributed by atoms with E-state index in [0.717, 1.165) is 5.56 Å². The Labute approximate surface area is 126 Å². The van der Waals surface area contributed by atoms with Crippen LogP contribution < -0.4 is 10.0 Å². The number of fused-ring (bicyclic) bond motifs is 1. The molecule has 0 fully saturated rings. The number of sulfonamides is 1. The van der Waals surface area contributed by atoms with Crippen molar-refractivity contribution in [2.75, 3.05) is 10.0 Å². The minimum absolute atomic E-state index is 0.0368. The summed E-state index contributed by atoms with van der Waals surface area (Å²) in [7, 11) is -3.66. The van der Waals surface area contributed by atoms with Crippen LogP contribution in [0.3, 0.4) is 0 Å². The lowest BCUT2D eigenvalue weighted by atomic mass is 10.1. The summed E-state index contributed by atoms with van der Waals surface area (Å²) >= 11 is 1.22. The molecule has 0 saturated carbocycles. The summed E-state index contributed by atoms with van der Waals surface area (Å²) < 4.78 is 27.0. The molecule has 0 unspecified atom stereocenters. The lowest BCUT2D eigenvalue weighted by Crippen LogP contribution is -2.14. The third-order valence-corrected chi connectivity index (χ3v) is 5.32.